The highest BCUT2D eigenvalue weighted by molar-refractivity contribution is 5.78. The number of likely N-dealkylation sites (tertiary alicyclic amines) is 1. The van der Waals surface area contributed by atoms with Gasteiger partial charge in [0.2, 0.25) is 5.91 Å². The van der Waals surface area contributed by atoms with Gasteiger partial charge in [0.15, 0.2) is 0 Å². The van der Waals surface area contributed by atoms with Gasteiger partial charge >= 0.3 is 12.1 Å². The highest BCUT2D eigenvalue weighted by atomic mass is 19.4. The van der Waals surface area contributed by atoms with E-state index in [1.807, 2.05) is 35.5 Å². The zero-order valence-corrected chi connectivity index (χ0v) is 17.8. The van der Waals surface area contributed by atoms with E-state index in [1.165, 1.54) is 0 Å². The number of rotatable bonds is 4. The van der Waals surface area contributed by atoms with Gasteiger partial charge in [0.1, 0.15) is 5.82 Å². The number of nitrogens with zero attached hydrogens (tertiary/aromatic N) is 5. The van der Waals surface area contributed by atoms with Gasteiger partial charge in [-0.15, -0.1) is 0 Å². The fourth-order valence-electron chi connectivity index (χ4n) is 4.07. The highest BCUT2D eigenvalue weighted by Crippen LogP contribution is 2.21. The van der Waals surface area contributed by atoms with E-state index >= 15 is 0 Å². The Hall–Kier alpha value is -3.39. The molecule has 1 fully saturated rings. The lowest BCUT2D eigenvalue weighted by molar-refractivity contribution is -0.192. The molecule has 0 saturated carbocycles. The third kappa shape index (κ3) is 6.79. The Morgan fingerprint density at radius 1 is 1.30 bits per heavy atom. The minimum atomic E-state index is -5.08. The Morgan fingerprint density at radius 3 is 2.70 bits per heavy atom. The highest BCUT2D eigenvalue weighted by Gasteiger charge is 2.38. The molecule has 1 N–H and O–H groups in total. The second-order valence-corrected chi connectivity index (χ2v) is 8.09. The lowest BCUT2D eigenvalue weighted by Gasteiger charge is -2.27. The van der Waals surface area contributed by atoms with Crippen LogP contribution in [0.4, 0.5) is 13.2 Å². The van der Waals surface area contributed by atoms with Crippen molar-refractivity contribution in [2.75, 3.05) is 19.6 Å². The summed E-state index contributed by atoms with van der Waals surface area (Å²) < 4.78 is 34.0. The maximum Gasteiger partial charge on any atom is 0.490 e. The van der Waals surface area contributed by atoms with Gasteiger partial charge in [-0.05, 0) is 24.1 Å². The van der Waals surface area contributed by atoms with Gasteiger partial charge < -0.3 is 14.6 Å². The van der Waals surface area contributed by atoms with Crippen molar-refractivity contribution in [3.05, 3.63) is 53.6 Å². The van der Waals surface area contributed by atoms with E-state index in [0.29, 0.717) is 17.9 Å². The molecule has 0 radical (unpaired) electrons. The Bertz CT molecular complexity index is 1030. The summed E-state index contributed by atoms with van der Waals surface area (Å²) in [4.78, 5) is 29.8. The Morgan fingerprint density at radius 2 is 2.06 bits per heavy atom. The number of imidazole rings is 1. The maximum absolute atomic E-state index is 12.0. The van der Waals surface area contributed by atoms with E-state index in [-0.39, 0.29) is 5.91 Å². The first-order valence-corrected chi connectivity index (χ1v) is 10.4. The largest absolute Gasteiger partial charge is 0.490 e. The molecule has 33 heavy (non-hydrogen) atoms. The number of alkyl halides is 3. The molecule has 1 aromatic heterocycles. The summed E-state index contributed by atoms with van der Waals surface area (Å²) in [6, 6.07) is 10.0. The average Bonchev–Trinajstić information content (AvgIpc) is 3.32. The summed E-state index contributed by atoms with van der Waals surface area (Å²) in [6.07, 6.45) is 0.474. The van der Waals surface area contributed by atoms with Gasteiger partial charge in [-0.3, -0.25) is 9.69 Å². The summed E-state index contributed by atoms with van der Waals surface area (Å²) in [5.74, 6) is -1.02. The lowest BCUT2D eigenvalue weighted by atomic mass is 10.1. The van der Waals surface area contributed by atoms with E-state index in [2.05, 4.69) is 26.6 Å². The number of halogens is 3. The standard InChI is InChI=1S/C20H23N5O.C2HF3O2/c21-10-16-3-1-4-17(9-16)11-23-12-18(14-25-7-2-5-20(25)26)13-24-8-6-22-19(24)15-23;3-2(4,5)1(6)7/h1,3-4,6,8-9,18H,2,5,7,11-15H2;(H,6,7). The topological polar surface area (TPSA) is 102 Å². The third-order valence-electron chi connectivity index (χ3n) is 5.49. The van der Waals surface area contributed by atoms with Crippen LogP contribution in [0.3, 0.4) is 0 Å². The predicted octanol–water partition coefficient (Wildman–Crippen LogP) is 2.64. The number of carboxylic acid groups (broad SMARTS) is 1. The summed E-state index contributed by atoms with van der Waals surface area (Å²) in [5, 5.41) is 16.3. The molecular formula is C22H24F3N5O3. The van der Waals surface area contributed by atoms with Crippen molar-refractivity contribution >= 4 is 11.9 Å². The van der Waals surface area contributed by atoms with Crippen LogP contribution in [0.15, 0.2) is 36.7 Å². The molecule has 176 valence electrons. The zero-order valence-electron chi connectivity index (χ0n) is 17.8. The van der Waals surface area contributed by atoms with Gasteiger partial charge in [0.25, 0.3) is 0 Å². The van der Waals surface area contributed by atoms with Gasteiger partial charge in [0, 0.05) is 57.5 Å². The first kappa shape index (κ1) is 24.3. The quantitative estimate of drug-likeness (QED) is 0.748. The first-order chi connectivity index (χ1) is 15.7. The SMILES string of the molecule is N#Cc1cccc(CN2Cc3nccn3CC(CN3CCCC3=O)C2)c1.O=C(O)C(F)(F)F. The second-order valence-electron chi connectivity index (χ2n) is 8.09. The van der Waals surface area contributed by atoms with Crippen LogP contribution in [0.25, 0.3) is 0 Å². The summed E-state index contributed by atoms with van der Waals surface area (Å²) in [6.45, 7) is 5.08. The molecule has 0 aliphatic carbocycles. The van der Waals surface area contributed by atoms with Crippen molar-refractivity contribution < 1.29 is 27.9 Å². The number of carboxylic acids is 1. The number of nitriles is 1. The van der Waals surface area contributed by atoms with Crippen LogP contribution in [0.5, 0.6) is 0 Å². The van der Waals surface area contributed by atoms with E-state index < -0.39 is 12.1 Å². The van der Waals surface area contributed by atoms with Crippen molar-refractivity contribution in [2.24, 2.45) is 5.92 Å². The van der Waals surface area contributed by atoms with Crippen LogP contribution >= 0.6 is 0 Å². The number of carbonyl (C=O) groups excluding carboxylic acids is 1. The molecule has 4 rings (SSSR count). The van der Waals surface area contributed by atoms with Gasteiger partial charge in [0.05, 0.1) is 18.2 Å². The Labute approximate surface area is 188 Å². The van der Waals surface area contributed by atoms with Crippen LogP contribution < -0.4 is 0 Å². The van der Waals surface area contributed by atoms with Crippen LogP contribution in [0, 0.1) is 17.2 Å². The van der Waals surface area contributed by atoms with Crippen molar-refractivity contribution in [3.63, 3.8) is 0 Å². The van der Waals surface area contributed by atoms with E-state index in [0.717, 1.165) is 57.1 Å². The molecule has 8 nitrogen and oxygen atoms in total. The fraction of sp³-hybridized carbons (Fsp3) is 0.455. The van der Waals surface area contributed by atoms with Crippen LogP contribution in [-0.4, -0.2) is 62.1 Å². The molecule has 1 saturated heterocycles. The normalized spacial score (nSPS) is 18.7. The molecule has 0 bridgehead atoms. The maximum atomic E-state index is 12.0. The summed E-state index contributed by atoms with van der Waals surface area (Å²) in [7, 11) is 0. The van der Waals surface area contributed by atoms with E-state index in [4.69, 9.17) is 15.2 Å². The molecule has 1 atom stereocenters. The average molecular weight is 463 g/mol. The molecule has 1 unspecified atom stereocenters. The molecule has 2 aliphatic heterocycles. The molecule has 1 amide bonds. The number of aliphatic carboxylic acids is 1. The number of carbonyl (C=O) groups is 2. The van der Waals surface area contributed by atoms with Crippen molar-refractivity contribution in [3.8, 4) is 6.07 Å². The predicted molar refractivity (Wildman–Crippen MR) is 110 cm³/mol. The van der Waals surface area contributed by atoms with Crippen LogP contribution in [0.1, 0.15) is 29.8 Å². The lowest BCUT2D eigenvalue weighted by Crippen LogP contribution is -2.37. The molecule has 11 heteroatoms. The minimum absolute atomic E-state index is 0.286. The monoisotopic (exact) mass is 463 g/mol. The summed E-state index contributed by atoms with van der Waals surface area (Å²) in [5.41, 5.74) is 1.83. The third-order valence-corrected chi connectivity index (χ3v) is 5.49. The molecule has 2 aliphatic rings. The smallest absolute Gasteiger partial charge is 0.475 e. The van der Waals surface area contributed by atoms with Gasteiger partial charge in [-0.2, -0.15) is 18.4 Å². The van der Waals surface area contributed by atoms with Crippen LogP contribution in [0.2, 0.25) is 0 Å². The Balaban J connectivity index is 0.000000383. The molecular weight excluding hydrogens is 439 g/mol. The molecule has 2 aromatic rings. The first-order valence-electron chi connectivity index (χ1n) is 10.4. The van der Waals surface area contributed by atoms with Crippen LogP contribution in [-0.2, 0) is 29.2 Å². The number of hydrogen-bond acceptors (Lipinski definition) is 5. The Kier molecular flexibility index (Phi) is 7.71. The fourth-order valence-corrected chi connectivity index (χ4v) is 4.07. The van der Waals surface area contributed by atoms with E-state index in [1.54, 1.807) is 0 Å². The van der Waals surface area contributed by atoms with Gasteiger partial charge in [-0.1, -0.05) is 12.1 Å². The van der Waals surface area contributed by atoms with Gasteiger partial charge in [-0.25, -0.2) is 9.78 Å². The van der Waals surface area contributed by atoms with Crippen molar-refractivity contribution in [2.45, 2.75) is 38.7 Å². The second kappa shape index (κ2) is 10.5. The number of hydrogen-bond donors (Lipinski definition) is 1. The molecule has 0 spiro atoms. The number of amides is 1. The zero-order chi connectivity index (χ0) is 24.0. The molecule has 1 aromatic carbocycles. The van der Waals surface area contributed by atoms with Crippen molar-refractivity contribution in [1.82, 2.24) is 19.4 Å². The number of fused-ring (bicyclic) bond motifs is 1. The van der Waals surface area contributed by atoms with Crippen molar-refractivity contribution in [1.29, 1.82) is 5.26 Å². The number of benzene rings is 1. The summed E-state index contributed by atoms with van der Waals surface area (Å²) >= 11 is 0. The molecule has 3 heterocycles. The van der Waals surface area contributed by atoms with E-state index in [9.17, 15) is 18.0 Å². The number of aromatic nitrogens is 2. The minimum Gasteiger partial charge on any atom is -0.475 e.